The Bertz CT molecular complexity index is 2780. The van der Waals surface area contributed by atoms with E-state index < -0.39 is 8.07 Å². The lowest BCUT2D eigenvalue weighted by Gasteiger charge is -2.29. The van der Waals surface area contributed by atoms with E-state index in [4.69, 9.17) is 0 Å². The average Bonchev–Trinajstić information content (AvgIpc) is 3.68. The fourth-order valence-corrected chi connectivity index (χ4v) is 12.8. The Balaban J connectivity index is 1.21. The van der Waals surface area contributed by atoms with Crippen LogP contribution in [0.3, 0.4) is 0 Å². The summed E-state index contributed by atoms with van der Waals surface area (Å²) in [5.74, 6) is 0. The first kappa shape index (κ1) is 30.1. The molecule has 10 rings (SSSR count). The Hall–Kier alpha value is -5.74. The number of benzene rings is 8. The topological polar surface area (TPSA) is 3.24 Å². The number of rotatable bonds is 5. The van der Waals surface area contributed by atoms with Gasteiger partial charge < -0.3 is 4.90 Å². The number of hydrogen-bond donors (Lipinski definition) is 0. The summed E-state index contributed by atoms with van der Waals surface area (Å²) in [4.78, 5) is 2.49. The van der Waals surface area contributed by atoms with Gasteiger partial charge in [-0.2, -0.15) is 0 Å². The summed E-state index contributed by atoms with van der Waals surface area (Å²) in [5, 5.41) is 8.27. The molecule has 1 aliphatic heterocycles. The van der Waals surface area contributed by atoms with E-state index in [-0.39, 0.29) is 0 Å². The normalized spacial score (nSPS) is 13.1. The van der Waals surface area contributed by atoms with Crippen LogP contribution < -0.4 is 15.3 Å². The van der Waals surface area contributed by atoms with Crippen molar-refractivity contribution in [2.75, 3.05) is 4.90 Å². The standard InChI is InChI=1S/C48H35NSSi/c1-51(2)45-29-27-41-40-22-11-12-23-44(40)50-48(41)47(45)42-25-24-36(31-46(42)51)49(35-19-13-18-34(30-35)32-14-5-3-6-15-32)43-28-26-37(33-16-7-4-8-17-33)38-20-9-10-21-39(38)43/h3-31H,1-2H3. The van der Waals surface area contributed by atoms with Crippen molar-refractivity contribution in [3.8, 4) is 33.4 Å². The summed E-state index contributed by atoms with van der Waals surface area (Å²) in [6.07, 6.45) is 0. The van der Waals surface area contributed by atoms with Gasteiger partial charge in [-0.15, -0.1) is 11.3 Å². The second-order valence-corrected chi connectivity index (χ2v) is 19.5. The maximum absolute atomic E-state index is 2.53. The molecule has 0 atom stereocenters. The van der Waals surface area contributed by atoms with Gasteiger partial charge in [0.1, 0.15) is 8.07 Å². The molecule has 0 aliphatic carbocycles. The summed E-state index contributed by atoms with van der Waals surface area (Å²) in [5.41, 5.74) is 11.3. The molecule has 1 aliphatic rings. The van der Waals surface area contributed by atoms with Gasteiger partial charge in [-0.05, 0) is 85.5 Å². The van der Waals surface area contributed by atoms with Crippen LogP contribution in [0.15, 0.2) is 176 Å². The summed E-state index contributed by atoms with van der Waals surface area (Å²) in [6, 6.07) is 65.0. The zero-order valence-corrected chi connectivity index (χ0v) is 30.4. The maximum Gasteiger partial charge on any atom is 0.114 e. The van der Waals surface area contributed by atoms with Crippen molar-refractivity contribution in [2.45, 2.75) is 13.1 Å². The van der Waals surface area contributed by atoms with Gasteiger partial charge in [0.25, 0.3) is 0 Å². The molecular formula is C48H35NSSi. The van der Waals surface area contributed by atoms with Crippen molar-refractivity contribution in [3.05, 3.63) is 176 Å². The molecule has 9 aromatic rings. The molecule has 51 heavy (non-hydrogen) atoms. The Kier molecular flexibility index (Phi) is 6.89. The minimum absolute atomic E-state index is 1.15. The molecule has 3 heteroatoms. The zero-order chi connectivity index (χ0) is 34.1. The number of hydrogen-bond acceptors (Lipinski definition) is 2. The van der Waals surface area contributed by atoms with E-state index in [9.17, 15) is 0 Å². The van der Waals surface area contributed by atoms with E-state index in [0.29, 0.717) is 0 Å². The molecule has 0 spiro atoms. The van der Waals surface area contributed by atoms with Crippen LogP contribution >= 0.6 is 11.3 Å². The van der Waals surface area contributed by atoms with Crippen molar-refractivity contribution in [3.63, 3.8) is 0 Å². The lowest BCUT2D eigenvalue weighted by Crippen LogP contribution is -2.49. The quantitative estimate of drug-likeness (QED) is 0.163. The van der Waals surface area contributed by atoms with Crippen LogP contribution in [0.4, 0.5) is 17.1 Å². The highest BCUT2D eigenvalue weighted by Gasteiger charge is 2.39. The Morgan fingerprint density at radius 2 is 1.08 bits per heavy atom. The molecule has 0 radical (unpaired) electrons. The predicted octanol–water partition coefficient (Wildman–Crippen LogP) is 12.8. The monoisotopic (exact) mass is 685 g/mol. The van der Waals surface area contributed by atoms with Crippen LogP contribution in [0, 0.1) is 0 Å². The van der Waals surface area contributed by atoms with E-state index in [2.05, 4.69) is 194 Å². The number of nitrogens with zero attached hydrogens (tertiary/aromatic N) is 1. The summed E-state index contributed by atoms with van der Waals surface area (Å²) >= 11 is 1.95. The molecule has 0 amide bonds. The molecular weight excluding hydrogens is 651 g/mol. The zero-order valence-electron chi connectivity index (χ0n) is 28.6. The highest BCUT2D eigenvalue weighted by Crippen LogP contribution is 2.46. The molecule has 0 fully saturated rings. The summed E-state index contributed by atoms with van der Waals surface area (Å²) in [7, 11) is -2.02. The third-order valence-electron chi connectivity index (χ3n) is 10.9. The first-order valence-corrected chi connectivity index (χ1v) is 21.5. The van der Waals surface area contributed by atoms with E-state index in [1.54, 1.807) is 5.19 Å². The second-order valence-electron chi connectivity index (χ2n) is 14.1. The van der Waals surface area contributed by atoms with Gasteiger partial charge in [0.2, 0.25) is 0 Å². The van der Waals surface area contributed by atoms with Crippen molar-refractivity contribution in [2.24, 2.45) is 0 Å². The SMILES string of the molecule is C[Si]1(C)c2cc(N(c3cccc(-c4ccccc4)c3)c3ccc(-c4ccccc4)c4ccccc34)ccc2-c2c1ccc1c2sc2ccccc21. The molecule has 0 bridgehead atoms. The third kappa shape index (κ3) is 4.73. The smallest absolute Gasteiger partial charge is 0.114 e. The van der Waals surface area contributed by atoms with Crippen LogP contribution in [0.2, 0.25) is 13.1 Å². The highest BCUT2D eigenvalue weighted by molar-refractivity contribution is 7.26. The van der Waals surface area contributed by atoms with Gasteiger partial charge in [0.05, 0.1) is 5.69 Å². The number of anilines is 3. The molecule has 0 unspecified atom stereocenters. The maximum atomic E-state index is 2.53. The lowest BCUT2D eigenvalue weighted by atomic mass is 9.96. The van der Waals surface area contributed by atoms with Gasteiger partial charge in [0, 0.05) is 36.9 Å². The Labute approximate surface area is 303 Å². The first-order chi connectivity index (χ1) is 25.1. The van der Waals surface area contributed by atoms with Gasteiger partial charge in [-0.25, -0.2) is 0 Å². The predicted molar refractivity (Wildman–Crippen MR) is 225 cm³/mol. The lowest BCUT2D eigenvalue weighted by molar-refractivity contribution is 1.30. The average molecular weight is 686 g/mol. The van der Waals surface area contributed by atoms with Gasteiger partial charge >= 0.3 is 0 Å². The third-order valence-corrected chi connectivity index (χ3v) is 15.6. The molecule has 8 aromatic carbocycles. The Morgan fingerprint density at radius 1 is 0.431 bits per heavy atom. The van der Waals surface area contributed by atoms with E-state index in [1.165, 1.54) is 80.9 Å². The fourth-order valence-electron chi connectivity index (χ4n) is 8.36. The van der Waals surface area contributed by atoms with Crippen LogP contribution in [-0.2, 0) is 0 Å². The van der Waals surface area contributed by atoms with Crippen molar-refractivity contribution in [1.29, 1.82) is 0 Å². The molecule has 0 N–H and O–H groups in total. The summed E-state index contributed by atoms with van der Waals surface area (Å²) in [6.45, 7) is 5.07. The first-order valence-electron chi connectivity index (χ1n) is 17.7. The van der Waals surface area contributed by atoms with Gasteiger partial charge in [-0.3, -0.25) is 0 Å². The minimum atomic E-state index is -2.02. The van der Waals surface area contributed by atoms with Crippen LogP contribution in [0.25, 0.3) is 64.3 Å². The fraction of sp³-hybridized carbons (Fsp3) is 0.0417. The highest BCUT2D eigenvalue weighted by atomic mass is 32.1. The van der Waals surface area contributed by atoms with Gasteiger partial charge in [-0.1, -0.05) is 153 Å². The van der Waals surface area contributed by atoms with E-state index in [0.717, 1.165) is 5.69 Å². The van der Waals surface area contributed by atoms with E-state index in [1.807, 2.05) is 11.3 Å². The van der Waals surface area contributed by atoms with Gasteiger partial charge in [0.15, 0.2) is 0 Å². The minimum Gasteiger partial charge on any atom is -0.310 e. The molecule has 0 saturated carbocycles. The van der Waals surface area contributed by atoms with Crippen molar-refractivity contribution in [1.82, 2.24) is 0 Å². The molecule has 242 valence electrons. The van der Waals surface area contributed by atoms with Crippen molar-refractivity contribution < 1.29 is 0 Å². The van der Waals surface area contributed by atoms with Crippen LogP contribution in [-0.4, -0.2) is 8.07 Å². The van der Waals surface area contributed by atoms with Crippen LogP contribution in [0.1, 0.15) is 0 Å². The molecule has 2 heterocycles. The van der Waals surface area contributed by atoms with Crippen molar-refractivity contribution >= 4 is 77.8 Å². The number of thiophene rings is 1. The molecule has 1 nitrogen and oxygen atoms in total. The Morgan fingerprint density at radius 3 is 1.88 bits per heavy atom. The number of fused-ring (bicyclic) bond motifs is 8. The second kappa shape index (κ2) is 11.7. The largest absolute Gasteiger partial charge is 0.310 e. The van der Waals surface area contributed by atoms with E-state index >= 15 is 0 Å². The molecule has 0 saturated heterocycles. The summed E-state index contributed by atoms with van der Waals surface area (Å²) < 4.78 is 2.79. The van der Waals surface area contributed by atoms with Crippen LogP contribution in [0.5, 0.6) is 0 Å². The molecule has 1 aromatic heterocycles.